The maximum Gasteiger partial charge on any atom is 0.335 e. The molecule has 1 aromatic carbocycles. The number of aromatic hydroxyl groups is 1. The Morgan fingerprint density at radius 1 is 1.19 bits per heavy atom. The number of aliphatic carboxylic acids is 1. The van der Waals surface area contributed by atoms with Gasteiger partial charge in [-0.05, 0) is 36.6 Å². The molecule has 0 atom stereocenters. The van der Waals surface area contributed by atoms with E-state index in [1.165, 1.54) is 18.2 Å². The lowest BCUT2D eigenvalue weighted by molar-refractivity contribution is -0.137. The minimum Gasteiger partial charge on any atom is -0.508 e. The van der Waals surface area contributed by atoms with E-state index in [1.807, 2.05) is 0 Å². The fraction of sp³-hybridized carbons (Fsp3) is 0.273. The molecule has 0 spiro atoms. The van der Waals surface area contributed by atoms with E-state index in [0.29, 0.717) is 18.4 Å². The third-order valence-corrected chi connectivity index (χ3v) is 2.16. The van der Waals surface area contributed by atoms with Crippen LogP contribution in [0.3, 0.4) is 0 Å². The molecule has 0 radical (unpaired) electrons. The van der Waals surface area contributed by atoms with Gasteiger partial charge in [0.2, 0.25) is 0 Å². The van der Waals surface area contributed by atoms with Gasteiger partial charge in [-0.3, -0.25) is 4.79 Å². The molecule has 5 heteroatoms. The largest absolute Gasteiger partial charge is 0.508 e. The number of carboxylic acids is 2. The second kappa shape index (κ2) is 5.16. The van der Waals surface area contributed by atoms with Gasteiger partial charge in [0.1, 0.15) is 5.75 Å². The minimum atomic E-state index is -1.07. The molecule has 0 aliphatic heterocycles. The third kappa shape index (κ3) is 3.27. The van der Waals surface area contributed by atoms with Crippen molar-refractivity contribution in [2.45, 2.75) is 19.3 Å². The van der Waals surface area contributed by atoms with Gasteiger partial charge in [-0.1, -0.05) is 0 Å². The Morgan fingerprint density at radius 3 is 2.44 bits per heavy atom. The Bertz CT molecular complexity index is 411. The van der Waals surface area contributed by atoms with Crippen molar-refractivity contribution < 1.29 is 24.9 Å². The second-order valence-corrected chi connectivity index (χ2v) is 3.40. The highest BCUT2D eigenvalue weighted by Crippen LogP contribution is 2.20. The number of carboxylic acid groups (broad SMARTS) is 2. The molecule has 0 fully saturated rings. The predicted molar refractivity (Wildman–Crippen MR) is 55.6 cm³/mol. The Hall–Kier alpha value is -2.04. The van der Waals surface area contributed by atoms with Crippen LogP contribution in [0.15, 0.2) is 18.2 Å². The van der Waals surface area contributed by atoms with Crippen molar-refractivity contribution in [2.75, 3.05) is 0 Å². The summed E-state index contributed by atoms with van der Waals surface area (Å²) in [6.45, 7) is 0. The van der Waals surface area contributed by atoms with Crippen LogP contribution in [0.4, 0.5) is 0 Å². The zero-order chi connectivity index (χ0) is 12.1. The van der Waals surface area contributed by atoms with E-state index < -0.39 is 11.9 Å². The van der Waals surface area contributed by atoms with Crippen LogP contribution in [-0.4, -0.2) is 27.3 Å². The predicted octanol–water partition coefficient (Wildman–Crippen LogP) is 1.50. The first-order valence-corrected chi connectivity index (χ1v) is 4.77. The maximum absolute atomic E-state index is 10.7. The summed E-state index contributed by atoms with van der Waals surface area (Å²) in [4.78, 5) is 21.0. The second-order valence-electron chi connectivity index (χ2n) is 3.40. The van der Waals surface area contributed by atoms with Gasteiger partial charge in [0.25, 0.3) is 0 Å². The molecular formula is C11H12O5. The zero-order valence-electron chi connectivity index (χ0n) is 8.51. The Morgan fingerprint density at radius 2 is 1.88 bits per heavy atom. The van der Waals surface area contributed by atoms with Crippen LogP contribution in [0, 0.1) is 0 Å². The van der Waals surface area contributed by atoms with E-state index in [1.54, 1.807) is 0 Å². The molecule has 1 rings (SSSR count). The van der Waals surface area contributed by atoms with Crippen LogP contribution < -0.4 is 0 Å². The van der Waals surface area contributed by atoms with Crippen LogP contribution in [0.5, 0.6) is 5.75 Å². The zero-order valence-corrected chi connectivity index (χ0v) is 8.51. The molecule has 0 unspecified atom stereocenters. The summed E-state index contributed by atoms with van der Waals surface area (Å²) >= 11 is 0. The van der Waals surface area contributed by atoms with Crippen molar-refractivity contribution in [3.63, 3.8) is 0 Å². The van der Waals surface area contributed by atoms with Crippen LogP contribution in [-0.2, 0) is 11.2 Å². The first-order valence-electron chi connectivity index (χ1n) is 4.77. The molecule has 86 valence electrons. The molecule has 0 bridgehead atoms. The average Bonchev–Trinajstić information content (AvgIpc) is 2.20. The normalized spacial score (nSPS) is 10.0. The number of hydrogen-bond acceptors (Lipinski definition) is 3. The molecule has 0 amide bonds. The number of phenols is 1. The van der Waals surface area contributed by atoms with Gasteiger partial charge in [0.15, 0.2) is 0 Å². The molecule has 0 aliphatic rings. The number of benzene rings is 1. The summed E-state index contributed by atoms with van der Waals surface area (Å²) in [7, 11) is 0. The Labute approximate surface area is 92.0 Å². The first-order chi connectivity index (χ1) is 7.50. The van der Waals surface area contributed by atoms with Gasteiger partial charge < -0.3 is 15.3 Å². The van der Waals surface area contributed by atoms with Gasteiger partial charge in [0, 0.05) is 6.42 Å². The van der Waals surface area contributed by atoms with Crippen LogP contribution in [0.1, 0.15) is 28.8 Å². The standard InChI is InChI=1S/C11H12O5/c12-9-5-4-8(11(15)16)6-7(9)2-1-3-10(13)14/h4-6,12H,1-3H2,(H,13,14)(H,15,16). The molecule has 3 N–H and O–H groups in total. The molecule has 0 saturated heterocycles. The molecule has 1 aromatic rings. The SMILES string of the molecule is O=C(O)CCCc1cc(C(=O)O)ccc1O. The number of phenolic OH excluding ortho intramolecular Hbond substituents is 1. The molecule has 0 aromatic heterocycles. The van der Waals surface area contributed by atoms with Gasteiger partial charge in [-0.25, -0.2) is 4.79 Å². The molecular weight excluding hydrogens is 212 g/mol. The van der Waals surface area contributed by atoms with Crippen molar-refractivity contribution in [1.29, 1.82) is 0 Å². The van der Waals surface area contributed by atoms with Crippen molar-refractivity contribution in [3.8, 4) is 5.75 Å². The molecule has 0 heterocycles. The maximum atomic E-state index is 10.7. The molecule has 16 heavy (non-hydrogen) atoms. The summed E-state index contributed by atoms with van der Waals surface area (Å²) in [5.74, 6) is -1.98. The lowest BCUT2D eigenvalue weighted by Crippen LogP contribution is -1.99. The number of aryl methyl sites for hydroxylation is 1. The fourth-order valence-electron chi connectivity index (χ4n) is 1.35. The van der Waals surface area contributed by atoms with Crippen LogP contribution >= 0.6 is 0 Å². The topological polar surface area (TPSA) is 94.8 Å². The smallest absolute Gasteiger partial charge is 0.335 e. The summed E-state index contributed by atoms with van der Waals surface area (Å²) < 4.78 is 0. The van der Waals surface area contributed by atoms with E-state index in [2.05, 4.69) is 0 Å². The number of carbonyl (C=O) groups is 2. The van der Waals surface area contributed by atoms with E-state index in [0.717, 1.165) is 0 Å². The number of aromatic carboxylic acids is 1. The van der Waals surface area contributed by atoms with E-state index in [9.17, 15) is 14.7 Å². The molecule has 5 nitrogen and oxygen atoms in total. The van der Waals surface area contributed by atoms with E-state index >= 15 is 0 Å². The fourth-order valence-corrected chi connectivity index (χ4v) is 1.35. The summed E-state index contributed by atoms with van der Waals surface area (Å²) in [5, 5.41) is 26.6. The van der Waals surface area contributed by atoms with Gasteiger partial charge in [-0.15, -0.1) is 0 Å². The van der Waals surface area contributed by atoms with Crippen molar-refractivity contribution in [2.24, 2.45) is 0 Å². The van der Waals surface area contributed by atoms with Crippen molar-refractivity contribution >= 4 is 11.9 Å². The van der Waals surface area contributed by atoms with Crippen molar-refractivity contribution in [1.82, 2.24) is 0 Å². The first kappa shape index (κ1) is 12.0. The van der Waals surface area contributed by atoms with Gasteiger partial charge in [-0.2, -0.15) is 0 Å². The average molecular weight is 224 g/mol. The Kier molecular flexibility index (Phi) is 3.88. The van der Waals surface area contributed by atoms with Gasteiger partial charge >= 0.3 is 11.9 Å². The monoisotopic (exact) mass is 224 g/mol. The molecule has 0 saturated carbocycles. The highest BCUT2D eigenvalue weighted by atomic mass is 16.4. The highest BCUT2D eigenvalue weighted by molar-refractivity contribution is 5.88. The molecule has 0 aliphatic carbocycles. The number of rotatable bonds is 5. The number of hydrogen-bond donors (Lipinski definition) is 3. The summed E-state index contributed by atoms with van der Waals surface area (Å²) in [6.07, 6.45) is 0.710. The van der Waals surface area contributed by atoms with Crippen molar-refractivity contribution in [3.05, 3.63) is 29.3 Å². The van der Waals surface area contributed by atoms with Crippen LogP contribution in [0.25, 0.3) is 0 Å². The lowest BCUT2D eigenvalue weighted by Gasteiger charge is -2.04. The minimum absolute atomic E-state index is 0.00324. The quantitative estimate of drug-likeness (QED) is 0.704. The Balaban J connectivity index is 2.74. The van der Waals surface area contributed by atoms with E-state index in [4.69, 9.17) is 10.2 Å². The van der Waals surface area contributed by atoms with Gasteiger partial charge in [0.05, 0.1) is 5.56 Å². The third-order valence-electron chi connectivity index (χ3n) is 2.16. The summed E-state index contributed by atoms with van der Waals surface area (Å²) in [6, 6.07) is 3.97. The lowest BCUT2D eigenvalue weighted by atomic mass is 10.0. The highest BCUT2D eigenvalue weighted by Gasteiger charge is 2.08. The van der Waals surface area contributed by atoms with Crippen LogP contribution in [0.2, 0.25) is 0 Å². The van der Waals surface area contributed by atoms with E-state index in [-0.39, 0.29) is 17.7 Å². The summed E-state index contributed by atoms with van der Waals surface area (Å²) in [5.41, 5.74) is 0.546.